The Bertz CT molecular complexity index is 643. The standard InChI is InChI=1S/C12H11F2N3.C3H7N.C3H6/c1-2-9(6-17-8-15-7-16-17)11-4-3-10(13)5-12(11)14;1-3-4-2;1-3-2/h3-8H,2H2,1H3;3H,1-2H3;3H,1H2,2H3/b9-6-;;. The van der Waals surface area contributed by atoms with Gasteiger partial charge >= 0.3 is 0 Å². The molecule has 1 heterocycles. The molecule has 0 radical (unpaired) electrons. The van der Waals surface area contributed by atoms with Crippen molar-refractivity contribution in [3.63, 3.8) is 0 Å². The highest BCUT2D eigenvalue weighted by molar-refractivity contribution is 5.75. The van der Waals surface area contributed by atoms with Crippen molar-refractivity contribution in [1.29, 1.82) is 0 Å². The highest BCUT2D eigenvalue weighted by Gasteiger charge is 2.07. The lowest BCUT2D eigenvalue weighted by Crippen LogP contribution is -1.94. The summed E-state index contributed by atoms with van der Waals surface area (Å²) in [5.41, 5.74) is 1.11. The maximum atomic E-state index is 13.6. The average Bonchev–Trinajstić information content (AvgIpc) is 3.07. The van der Waals surface area contributed by atoms with Crippen LogP contribution in [0.5, 0.6) is 0 Å². The molecule has 0 aliphatic rings. The Balaban J connectivity index is 0.000000648. The molecular weight excluding hydrogens is 310 g/mol. The van der Waals surface area contributed by atoms with Gasteiger partial charge in [0.25, 0.3) is 0 Å². The van der Waals surface area contributed by atoms with Crippen LogP contribution in [-0.2, 0) is 0 Å². The number of aromatic nitrogens is 3. The third kappa shape index (κ3) is 8.12. The summed E-state index contributed by atoms with van der Waals surface area (Å²) < 4.78 is 27.9. The summed E-state index contributed by atoms with van der Waals surface area (Å²) in [6, 6.07) is 3.54. The van der Waals surface area contributed by atoms with Gasteiger partial charge in [-0.25, -0.2) is 18.4 Å². The Morgan fingerprint density at radius 3 is 2.38 bits per heavy atom. The van der Waals surface area contributed by atoms with Crippen LogP contribution in [0.2, 0.25) is 0 Å². The van der Waals surface area contributed by atoms with Crippen LogP contribution < -0.4 is 0 Å². The predicted molar refractivity (Wildman–Crippen MR) is 96.8 cm³/mol. The van der Waals surface area contributed by atoms with Crippen molar-refractivity contribution in [2.45, 2.75) is 27.2 Å². The van der Waals surface area contributed by atoms with E-state index in [0.29, 0.717) is 12.0 Å². The van der Waals surface area contributed by atoms with E-state index in [9.17, 15) is 8.78 Å². The molecule has 0 spiro atoms. The van der Waals surface area contributed by atoms with Gasteiger partial charge < -0.3 is 4.99 Å². The fourth-order valence-electron chi connectivity index (χ4n) is 1.54. The van der Waals surface area contributed by atoms with Gasteiger partial charge in [-0.3, -0.25) is 0 Å². The van der Waals surface area contributed by atoms with Crippen molar-refractivity contribution in [3.8, 4) is 0 Å². The van der Waals surface area contributed by atoms with Crippen molar-refractivity contribution in [3.05, 3.63) is 60.7 Å². The van der Waals surface area contributed by atoms with Crippen LogP contribution in [0.4, 0.5) is 8.78 Å². The lowest BCUT2D eigenvalue weighted by molar-refractivity contribution is 0.580. The minimum atomic E-state index is -0.581. The second-order valence-electron chi connectivity index (χ2n) is 4.43. The number of allylic oxidation sites excluding steroid dienone is 2. The van der Waals surface area contributed by atoms with Crippen LogP contribution in [0.15, 0.2) is 48.5 Å². The summed E-state index contributed by atoms with van der Waals surface area (Å²) in [6.07, 6.45) is 8.69. The molecule has 0 N–H and O–H groups in total. The molecule has 0 aliphatic heterocycles. The van der Waals surface area contributed by atoms with Crippen molar-refractivity contribution in [2.24, 2.45) is 4.99 Å². The van der Waals surface area contributed by atoms with Crippen molar-refractivity contribution < 1.29 is 8.78 Å². The number of nitrogens with zero attached hydrogens (tertiary/aromatic N) is 4. The molecule has 0 aliphatic carbocycles. The molecule has 130 valence electrons. The second kappa shape index (κ2) is 12.9. The monoisotopic (exact) mass is 334 g/mol. The Morgan fingerprint density at radius 2 is 1.96 bits per heavy atom. The molecule has 24 heavy (non-hydrogen) atoms. The third-order valence-electron chi connectivity index (χ3n) is 2.64. The molecule has 2 aromatic rings. The number of aliphatic imine (C=N–C) groups is 1. The first-order chi connectivity index (χ1) is 11.5. The van der Waals surface area contributed by atoms with E-state index in [1.165, 1.54) is 29.5 Å². The lowest BCUT2D eigenvalue weighted by Gasteiger charge is -2.06. The van der Waals surface area contributed by atoms with Gasteiger partial charge in [-0.1, -0.05) is 13.0 Å². The molecule has 0 amide bonds. The van der Waals surface area contributed by atoms with Gasteiger partial charge in [-0.2, -0.15) is 5.10 Å². The SMILES string of the molecule is C=CC.CC/C(=C/n1cncn1)c1ccc(F)cc1F.CC=NC. The Morgan fingerprint density at radius 1 is 1.33 bits per heavy atom. The maximum Gasteiger partial charge on any atom is 0.138 e. The molecule has 0 fully saturated rings. The number of benzene rings is 1. The van der Waals surface area contributed by atoms with Gasteiger partial charge in [0.1, 0.15) is 24.3 Å². The zero-order valence-electron chi connectivity index (χ0n) is 14.6. The molecule has 1 aromatic heterocycles. The number of hydrogen-bond donors (Lipinski definition) is 0. The Labute approximate surface area is 142 Å². The molecular formula is C18H24F2N4. The molecule has 0 unspecified atom stereocenters. The normalized spacial score (nSPS) is 10.5. The largest absolute Gasteiger partial charge is 0.301 e. The smallest absolute Gasteiger partial charge is 0.138 e. The van der Waals surface area contributed by atoms with Gasteiger partial charge in [0.05, 0.1) is 0 Å². The summed E-state index contributed by atoms with van der Waals surface area (Å²) in [7, 11) is 1.75. The first-order valence-corrected chi connectivity index (χ1v) is 7.47. The van der Waals surface area contributed by atoms with Crippen LogP contribution >= 0.6 is 0 Å². The number of hydrogen-bond acceptors (Lipinski definition) is 3. The van der Waals surface area contributed by atoms with E-state index >= 15 is 0 Å². The maximum absolute atomic E-state index is 13.6. The van der Waals surface area contributed by atoms with E-state index in [1.807, 2.05) is 20.8 Å². The first kappa shape index (κ1) is 21.4. The fourth-order valence-corrected chi connectivity index (χ4v) is 1.54. The van der Waals surface area contributed by atoms with Crippen molar-refractivity contribution in [1.82, 2.24) is 14.8 Å². The minimum absolute atomic E-state index is 0.379. The molecule has 0 saturated carbocycles. The molecule has 0 atom stereocenters. The Kier molecular flexibility index (Phi) is 11.5. The quantitative estimate of drug-likeness (QED) is 0.594. The summed E-state index contributed by atoms with van der Waals surface area (Å²) in [5, 5.41) is 3.91. The number of rotatable bonds is 3. The predicted octanol–water partition coefficient (Wildman–Crippen LogP) is 4.86. The second-order valence-corrected chi connectivity index (χ2v) is 4.43. The van der Waals surface area contributed by atoms with E-state index in [0.717, 1.165) is 11.6 Å². The average molecular weight is 334 g/mol. The van der Waals surface area contributed by atoms with E-state index in [2.05, 4.69) is 21.7 Å². The molecule has 4 nitrogen and oxygen atoms in total. The van der Waals surface area contributed by atoms with Crippen molar-refractivity contribution in [2.75, 3.05) is 7.05 Å². The van der Waals surface area contributed by atoms with Gasteiger partial charge in [-0.05, 0) is 44.2 Å². The Hall–Kier alpha value is -2.63. The van der Waals surface area contributed by atoms with Gasteiger partial charge in [0.15, 0.2) is 0 Å². The topological polar surface area (TPSA) is 43.1 Å². The lowest BCUT2D eigenvalue weighted by atomic mass is 10.0. The molecule has 0 bridgehead atoms. The van der Waals surface area contributed by atoms with Gasteiger partial charge in [0.2, 0.25) is 0 Å². The van der Waals surface area contributed by atoms with Gasteiger partial charge in [-0.15, -0.1) is 6.58 Å². The van der Waals surface area contributed by atoms with E-state index in [4.69, 9.17) is 0 Å². The molecule has 1 aromatic carbocycles. The van der Waals surface area contributed by atoms with E-state index < -0.39 is 11.6 Å². The first-order valence-electron chi connectivity index (χ1n) is 7.47. The zero-order chi connectivity index (χ0) is 18.4. The van der Waals surface area contributed by atoms with E-state index in [1.54, 1.807) is 25.5 Å². The third-order valence-corrected chi connectivity index (χ3v) is 2.64. The highest BCUT2D eigenvalue weighted by Crippen LogP contribution is 2.22. The summed E-state index contributed by atoms with van der Waals surface area (Å²) in [6.45, 7) is 9.03. The highest BCUT2D eigenvalue weighted by atomic mass is 19.1. The zero-order valence-corrected chi connectivity index (χ0v) is 14.6. The van der Waals surface area contributed by atoms with Crippen LogP contribution in [0, 0.1) is 11.6 Å². The fraction of sp³-hybridized carbons (Fsp3) is 0.278. The van der Waals surface area contributed by atoms with E-state index in [-0.39, 0.29) is 0 Å². The number of halogens is 2. The minimum Gasteiger partial charge on any atom is -0.301 e. The van der Waals surface area contributed by atoms with Crippen LogP contribution in [0.25, 0.3) is 11.8 Å². The summed E-state index contributed by atoms with van der Waals surface area (Å²) >= 11 is 0. The summed E-state index contributed by atoms with van der Waals surface area (Å²) in [4.78, 5) is 7.40. The van der Waals surface area contributed by atoms with Crippen molar-refractivity contribution >= 4 is 18.0 Å². The van der Waals surface area contributed by atoms with Crippen LogP contribution in [0.1, 0.15) is 32.8 Å². The summed E-state index contributed by atoms with van der Waals surface area (Å²) in [5.74, 6) is -1.15. The van der Waals surface area contributed by atoms with Crippen LogP contribution in [-0.4, -0.2) is 28.0 Å². The van der Waals surface area contributed by atoms with Gasteiger partial charge in [0, 0.05) is 24.9 Å². The molecule has 6 heteroatoms. The molecule has 0 saturated heterocycles. The molecule has 2 rings (SSSR count). The van der Waals surface area contributed by atoms with Crippen LogP contribution in [0.3, 0.4) is 0 Å².